The molecule has 0 spiro atoms. The summed E-state index contributed by atoms with van der Waals surface area (Å²) in [7, 11) is 0. The van der Waals surface area contributed by atoms with Crippen LogP contribution >= 0.6 is 0 Å². The van der Waals surface area contributed by atoms with Crippen LogP contribution < -0.4 is 0 Å². The summed E-state index contributed by atoms with van der Waals surface area (Å²) in [6, 6.07) is 1.71. The van der Waals surface area contributed by atoms with E-state index in [1.165, 1.54) is 17.4 Å². The van der Waals surface area contributed by atoms with Crippen molar-refractivity contribution >= 4 is 11.9 Å². The first-order valence-corrected chi connectivity index (χ1v) is 6.95. The average Bonchev–Trinajstić information content (AvgIpc) is 3.16. The van der Waals surface area contributed by atoms with Gasteiger partial charge in [-0.15, -0.1) is 0 Å². The summed E-state index contributed by atoms with van der Waals surface area (Å²) < 4.78 is 10.0. The van der Waals surface area contributed by atoms with Crippen LogP contribution in [0.3, 0.4) is 0 Å². The molecule has 8 nitrogen and oxygen atoms in total. The molecule has 1 amide bonds. The lowest BCUT2D eigenvalue weighted by Gasteiger charge is -2.19. The van der Waals surface area contributed by atoms with Gasteiger partial charge in [-0.2, -0.15) is 4.98 Å². The largest absolute Gasteiger partial charge is 0.481 e. The molecule has 0 aromatic carbocycles. The number of carbonyl (C=O) groups excluding carboxylic acids is 1. The molecule has 8 heteroatoms. The zero-order valence-corrected chi connectivity index (χ0v) is 12.2. The Morgan fingerprint density at radius 3 is 2.82 bits per heavy atom. The molecular formula is C14H17N3O5. The summed E-state index contributed by atoms with van der Waals surface area (Å²) in [6.07, 6.45) is 3.46. The summed E-state index contributed by atoms with van der Waals surface area (Å²) in [5.74, 6) is -0.284. The summed E-state index contributed by atoms with van der Waals surface area (Å²) in [4.78, 5) is 28.3. The van der Waals surface area contributed by atoms with Gasteiger partial charge in [0.2, 0.25) is 17.6 Å². The van der Waals surface area contributed by atoms with Crippen LogP contribution in [-0.2, 0) is 16.0 Å². The summed E-state index contributed by atoms with van der Waals surface area (Å²) in [5, 5.41) is 12.5. The van der Waals surface area contributed by atoms with Gasteiger partial charge < -0.3 is 18.9 Å². The molecule has 0 saturated carbocycles. The Kier molecular flexibility index (Phi) is 5.29. The number of aliphatic carboxylic acids is 1. The number of aromatic nitrogens is 2. The SMILES string of the molecule is CCN(CCC(=O)O)C(=O)CCc1nc(-c2ccoc2)no1. The minimum absolute atomic E-state index is 0.0647. The van der Waals surface area contributed by atoms with E-state index in [1.807, 2.05) is 6.92 Å². The number of carbonyl (C=O) groups is 2. The van der Waals surface area contributed by atoms with Crippen LogP contribution in [0.4, 0.5) is 0 Å². The van der Waals surface area contributed by atoms with Crippen LogP contribution in [0.2, 0.25) is 0 Å². The van der Waals surface area contributed by atoms with Crippen molar-refractivity contribution in [2.24, 2.45) is 0 Å². The molecule has 118 valence electrons. The molecule has 1 N–H and O–H groups in total. The lowest BCUT2D eigenvalue weighted by atomic mass is 10.2. The minimum Gasteiger partial charge on any atom is -0.481 e. The zero-order valence-electron chi connectivity index (χ0n) is 12.2. The number of nitrogens with zero attached hydrogens (tertiary/aromatic N) is 3. The molecule has 22 heavy (non-hydrogen) atoms. The van der Waals surface area contributed by atoms with Crippen molar-refractivity contribution in [3.63, 3.8) is 0 Å². The fraction of sp³-hybridized carbons (Fsp3) is 0.429. The quantitative estimate of drug-likeness (QED) is 0.788. The fourth-order valence-corrected chi connectivity index (χ4v) is 1.93. The van der Waals surface area contributed by atoms with Crippen LogP contribution in [0.15, 0.2) is 27.5 Å². The zero-order chi connectivity index (χ0) is 15.9. The van der Waals surface area contributed by atoms with Gasteiger partial charge in [-0.25, -0.2) is 0 Å². The summed E-state index contributed by atoms with van der Waals surface area (Å²) in [6.45, 7) is 2.48. The van der Waals surface area contributed by atoms with E-state index in [1.54, 1.807) is 6.07 Å². The van der Waals surface area contributed by atoms with Crippen molar-refractivity contribution in [2.75, 3.05) is 13.1 Å². The maximum absolute atomic E-state index is 12.0. The third kappa shape index (κ3) is 4.18. The van der Waals surface area contributed by atoms with Gasteiger partial charge in [0, 0.05) is 25.9 Å². The molecule has 0 saturated heterocycles. The van der Waals surface area contributed by atoms with Gasteiger partial charge in [-0.3, -0.25) is 9.59 Å². The van der Waals surface area contributed by atoms with Crippen LogP contribution in [0.1, 0.15) is 25.7 Å². The number of carboxylic acids is 1. The second-order valence-corrected chi connectivity index (χ2v) is 4.64. The summed E-state index contributed by atoms with van der Waals surface area (Å²) >= 11 is 0. The first-order chi connectivity index (χ1) is 10.6. The van der Waals surface area contributed by atoms with E-state index < -0.39 is 5.97 Å². The van der Waals surface area contributed by atoms with Crippen molar-refractivity contribution < 1.29 is 23.6 Å². The van der Waals surface area contributed by atoms with Crippen LogP contribution in [0.25, 0.3) is 11.4 Å². The third-order valence-electron chi connectivity index (χ3n) is 3.13. The van der Waals surface area contributed by atoms with Crippen molar-refractivity contribution in [2.45, 2.75) is 26.2 Å². The second-order valence-electron chi connectivity index (χ2n) is 4.64. The molecule has 0 aliphatic carbocycles. The highest BCUT2D eigenvalue weighted by atomic mass is 16.5. The molecule has 2 rings (SSSR count). The topological polar surface area (TPSA) is 110 Å². The molecule has 0 unspecified atom stereocenters. The highest BCUT2D eigenvalue weighted by Crippen LogP contribution is 2.16. The highest BCUT2D eigenvalue weighted by Gasteiger charge is 2.15. The molecule has 0 fully saturated rings. The number of amides is 1. The molecular weight excluding hydrogens is 290 g/mol. The Hall–Kier alpha value is -2.64. The van der Waals surface area contributed by atoms with Gasteiger partial charge in [-0.05, 0) is 13.0 Å². The van der Waals surface area contributed by atoms with Gasteiger partial charge in [0.25, 0.3) is 0 Å². The van der Waals surface area contributed by atoms with Crippen LogP contribution in [0.5, 0.6) is 0 Å². The van der Waals surface area contributed by atoms with Gasteiger partial charge in [0.15, 0.2) is 0 Å². The number of furan rings is 1. The Bertz CT molecular complexity index is 620. The normalized spacial score (nSPS) is 10.6. The fourth-order valence-electron chi connectivity index (χ4n) is 1.93. The van der Waals surface area contributed by atoms with E-state index in [9.17, 15) is 9.59 Å². The number of rotatable bonds is 8. The Morgan fingerprint density at radius 1 is 1.36 bits per heavy atom. The van der Waals surface area contributed by atoms with E-state index in [-0.39, 0.29) is 25.3 Å². The predicted octanol–water partition coefficient (Wildman–Crippen LogP) is 1.59. The van der Waals surface area contributed by atoms with Gasteiger partial charge in [0.1, 0.15) is 6.26 Å². The maximum atomic E-state index is 12.0. The van der Waals surface area contributed by atoms with Gasteiger partial charge >= 0.3 is 5.97 Å². The molecule has 2 aromatic rings. The second kappa shape index (κ2) is 7.39. The molecule has 0 aliphatic rings. The lowest BCUT2D eigenvalue weighted by molar-refractivity contribution is -0.138. The van der Waals surface area contributed by atoms with E-state index in [0.29, 0.717) is 30.2 Å². The van der Waals surface area contributed by atoms with Crippen molar-refractivity contribution in [3.8, 4) is 11.4 Å². The summed E-state index contributed by atoms with van der Waals surface area (Å²) in [5.41, 5.74) is 0.706. The number of aryl methyl sites for hydroxylation is 1. The van der Waals surface area contributed by atoms with E-state index >= 15 is 0 Å². The molecule has 0 radical (unpaired) electrons. The average molecular weight is 307 g/mol. The van der Waals surface area contributed by atoms with Crippen molar-refractivity contribution in [1.82, 2.24) is 15.0 Å². The van der Waals surface area contributed by atoms with Gasteiger partial charge in [0.05, 0.1) is 18.2 Å². The van der Waals surface area contributed by atoms with Crippen LogP contribution in [0, 0.1) is 0 Å². The number of hydrogen-bond donors (Lipinski definition) is 1. The van der Waals surface area contributed by atoms with E-state index in [2.05, 4.69) is 10.1 Å². The lowest BCUT2D eigenvalue weighted by Crippen LogP contribution is -2.33. The molecule has 2 heterocycles. The molecule has 2 aromatic heterocycles. The monoisotopic (exact) mass is 307 g/mol. The van der Waals surface area contributed by atoms with E-state index in [4.69, 9.17) is 14.0 Å². The minimum atomic E-state index is -0.923. The van der Waals surface area contributed by atoms with Crippen molar-refractivity contribution in [3.05, 3.63) is 24.5 Å². The standard InChI is InChI=1S/C14H17N3O5/c1-2-17(7-5-13(19)20)12(18)4-3-11-15-14(16-22-11)10-6-8-21-9-10/h6,8-9H,2-5,7H2,1H3,(H,19,20). The Labute approximate surface area is 126 Å². The molecule has 0 atom stereocenters. The van der Waals surface area contributed by atoms with Crippen molar-refractivity contribution in [1.29, 1.82) is 0 Å². The maximum Gasteiger partial charge on any atom is 0.305 e. The predicted molar refractivity (Wildman–Crippen MR) is 74.8 cm³/mol. The molecule has 0 bridgehead atoms. The van der Waals surface area contributed by atoms with Gasteiger partial charge in [-0.1, -0.05) is 5.16 Å². The van der Waals surface area contributed by atoms with E-state index in [0.717, 1.165) is 0 Å². The first kappa shape index (κ1) is 15.7. The highest BCUT2D eigenvalue weighted by molar-refractivity contribution is 5.77. The Balaban J connectivity index is 1.86. The smallest absolute Gasteiger partial charge is 0.305 e. The number of hydrogen-bond acceptors (Lipinski definition) is 6. The van der Waals surface area contributed by atoms with Crippen LogP contribution in [-0.4, -0.2) is 45.1 Å². The number of carboxylic acid groups (broad SMARTS) is 1. The third-order valence-corrected chi connectivity index (χ3v) is 3.13. The molecule has 0 aliphatic heterocycles. The first-order valence-electron chi connectivity index (χ1n) is 6.95. The Morgan fingerprint density at radius 2 is 2.18 bits per heavy atom.